The van der Waals surface area contributed by atoms with E-state index in [4.69, 9.17) is 21.4 Å². The first kappa shape index (κ1) is 15.4. The maximum absolute atomic E-state index is 12.1. The van der Waals surface area contributed by atoms with Crippen LogP contribution in [0.4, 0.5) is 0 Å². The maximum Gasteiger partial charge on any atom is 0.326 e. The summed E-state index contributed by atoms with van der Waals surface area (Å²) in [5.74, 6) is -0.813. The van der Waals surface area contributed by atoms with Gasteiger partial charge in [0.15, 0.2) is 0 Å². The Labute approximate surface area is 127 Å². The molecule has 0 saturated heterocycles. The summed E-state index contributed by atoms with van der Waals surface area (Å²) in [6.45, 7) is 1.97. The number of carbonyl (C=O) groups is 2. The van der Waals surface area contributed by atoms with E-state index in [0.29, 0.717) is 34.8 Å². The molecule has 0 aromatic heterocycles. The number of ether oxygens (including phenoxy) is 1. The highest BCUT2D eigenvalue weighted by Crippen LogP contribution is 2.29. The number of halogens is 1. The molecule has 0 unspecified atom stereocenters. The number of rotatable bonds is 5. The number of carboxylic acid groups (broad SMARTS) is 1. The Hall–Kier alpha value is -2.01. The Morgan fingerprint density at radius 1 is 1.48 bits per heavy atom. The van der Waals surface area contributed by atoms with Crippen molar-refractivity contribution in [1.29, 1.82) is 0 Å². The lowest BCUT2D eigenvalue weighted by Crippen LogP contribution is -2.42. The van der Waals surface area contributed by atoms with E-state index in [1.807, 2.05) is 6.92 Å². The molecule has 21 heavy (non-hydrogen) atoms. The fourth-order valence-corrected chi connectivity index (χ4v) is 2.26. The summed E-state index contributed by atoms with van der Waals surface area (Å²) in [7, 11) is 0. The van der Waals surface area contributed by atoms with Gasteiger partial charge in [0, 0.05) is 10.6 Å². The second kappa shape index (κ2) is 6.63. The minimum absolute atomic E-state index is 0.110. The van der Waals surface area contributed by atoms with E-state index >= 15 is 0 Å². The molecule has 1 aromatic carbocycles. The van der Waals surface area contributed by atoms with Crippen molar-refractivity contribution in [2.75, 3.05) is 6.61 Å². The van der Waals surface area contributed by atoms with Crippen LogP contribution in [0.25, 0.3) is 6.08 Å². The number of fused-ring (bicyclic) bond motifs is 1. The zero-order chi connectivity index (χ0) is 15.4. The first-order chi connectivity index (χ1) is 10.0. The van der Waals surface area contributed by atoms with Crippen LogP contribution in [0.15, 0.2) is 23.8 Å². The van der Waals surface area contributed by atoms with Gasteiger partial charge in [-0.3, -0.25) is 4.79 Å². The summed E-state index contributed by atoms with van der Waals surface area (Å²) in [5.41, 5.74) is 1.09. The molecule has 0 fully saturated rings. The Bertz CT molecular complexity index is 597. The predicted molar refractivity (Wildman–Crippen MR) is 79.4 cm³/mol. The van der Waals surface area contributed by atoms with Crippen LogP contribution < -0.4 is 10.1 Å². The van der Waals surface area contributed by atoms with Crippen LogP contribution in [0.1, 0.15) is 25.3 Å². The zero-order valence-electron chi connectivity index (χ0n) is 11.6. The molecule has 1 aliphatic heterocycles. The van der Waals surface area contributed by atoms with Crippen LogP contribution >= 0.6 is 11.6 Å². The third-order valence-corrected chi connectivity index (χ3v) is 3.39. The first-order valence-electron chi connectivity index (χ1n) is 6.68. The third kappa shape index (κ3) is 3.76. The summed E-state index contributed by atoms with van der Waals surface area (Å²) >= 11 is 5.91. The lowest BCUT2D eigenvalue weighted by Gasteiger charge is -2.19. The minimum atomic E-state index is -1.04. The predicted octanol–water partition coefficient (Wildman–Crippen LogP) is 2.49. The summed E-state index contributed by atoms with van der Waals surface area (Å²) in [5, 5.41) is 12.1. The Morgan fingerprint density at radius 2 is 2.24 bits per heavy atom. The summed E-state index contributed by atoms with van der Waals surface area (Å²) in [6, 6.07) is 4.26. The van der Waals surface area contributed by atoms with Crippen molar-refractivity contribution in [3.8, 4) is 5.75 Å². The van der Waals surface area contributed by atoms with Crippen molar-refractivity contribution in [3.05, 3.63) is 34.4 Å². The monoisotopic (exact) mass is 309 g/mol. The fraction of sp³-hybridized carbons (Fsp3) is 0.333. The zero-order valence-corrected chi connectivity index (χ0v) is 12.3. The molecule has 2 rings (SSSR count). The van der Waals surface area contributed by atoms with Crippen LogP contribution in [0.2, 0.25) is 5.02 Å². The molecule has 0 saturated carbocycles. The number of aliphatic carboxylic acids is 1. The van der Waals surface area contributed by atoms with Crippen molar-refractivity contribution in [1.82, 2.24) is 5.32 Å². The molecule has 1 amide bonds. The topological polar surface area (TPSA) is 75.6 Å². The lowest BCUT2D eigenvalue weighted by atomic mass is 10.1. The van der Waals surface area contributed by atoms with E-state index in [-0.39, 0.29) is 6.61 Å². The first-order valence-corrected chi connectivity index (χ1v) is 7.05. The van der Waals surface area contributed by atoms with Crippen LogP contribution in [0.5, 0.6) is 5.75 Å². The normalized spacial score (nSPS) is 14.5. The smallest absolute Gasteiger partial charge is 0.326 e. The highest BCUT2D eigenvalue weighted by Gasteiger charge is 2.23. The SMILES string of the molecule is CCC[C@@H](NC(=O)C1=Cc2cc(Cl)ccc2OC1)C(=O)O. The van der Waals surface area contributed by atoms with E-state index in [1.165, 1.54) is 0 Å². The van der Waals surface area contributed by atoms with Crippen LogP contribution in [0, 0.1) is 0 Å². The second-order valence-electron chi connectivity index (χ2n) is 4.79. The van der Waals surface area contributed by atoms with Crippen molar-refractivity contribution in [2.45, 2.75) is 25.8 Å². The molecule has 2 N–H and O–H groups in total. The van der Waals surface area contributed by atoms with Gasteiger partial charge in [0.1, 0.15) is 18.4 Å². The molecule has 6 heteroatoms. The molecule has 0 bridgehead atoms. The van der Waals surface area contributed by atoms with Gasteiger partial charge in [-0.2, -0.15) is 0 Å². The van der Waals surface area contributed by atoms with Crippen molar-refractivity contribution >= 4 is 29.6 Å². The summed E-state index contributed by atoms with van der Waals surface area (Å²) in [4.78, 5) is 23.2. The molecule has 0 radical (unpaired) electrons. The molecule has 0 aliphatic carbocycles. The average Bonchev–Trinajstić information content (AvgIpc) is 2.45. The number of benzene rings is 1. The average molecular weight is 310 g/mol. The number of hydrogen-bond acceptors (Lipinski definition) is 3. The lowest BCUT2D eigenvalue weighted by molar-refractivity contribution is -0.141. The number of carbonyl (C=O) groups excluding carboxylic acids is 1. The second-order valence-corrected chi connectivity index (χ2v) is 5.23. The number of carboxylic acids is 1. The van der Waals surface area contributed by atoms with Gasteiger partial charge >= 0.3 is 5.97 Å². The van der Waals surface area contributed by atoms with Crippen molar-refractivity contribution in [3.63, 3.8) is 0 Å². The number of hydrogen-bond donors (Lipinski definition) is 2. The fourth-order valence-electron chi connectivity index (χ4n) is 2.08. The van der Waals surface area contributed by atoms with Crippen LogP contribution in [-0.2, 0) is 9.59 Å². The Balaban J connectivity index is 2.15. The van der Waals surface area contributed by atoms with Crippen LogP contribution in [-0.4, -0.2) is 29.6 Å². The number of nitrogens with one attached hydrogen (secondary N) is 1. The van der Waals surface area contributed by atoms with Gasteiger partial charge in [0.25, 0.3) is 5.91 Å². The van der Waals surface area contributed by atoms with Gasteiger partial charge < -0.3 is 15.2 Å². The standard InChI is InChI=1S/C15H16ClNO4/c1-2-3-12(15(19)20)17-14(18)10-6-9-7-11(16)4-5-13(9)21-8-10/h4-7,12H,2-3,8H2,1H3,(H,17,18)(H,19,20)/t12-/m1/s1. The third-order valence-electron chi connectivity index (χ3n) is 3.16. The Morgan fingerprint density at radius 3 is 2.90 bits per heavy atom. The molecule has 1 heterocycles. The molecular weight excluding hydrogens is 294 g/mol. The van der Waals surface area contributed by atoms with Gasteiger partial charge in [-0.05, 0) is 30.7 Å². The molecular formula is C15H16ClNO4. The largest absolute Gasteiger partial charge is 0.488 e. The molecule has 1 aliphatic rings. The Kier molecular flexibility index (Phi) is 4.85. The highest BCUT2D eigenvalue weighted by molar-refractivity contribution is 6.30. The van der Waals surface area contributed by atoms with Crippen LogP contribution in [0.3, 0.4) is 0 Å². The van der Waals surface area contributed by atoms with Gasteiger partial charge in [-0.15, -0.1) is 0 Å². The molecule has 5 nitrogen and oxygen atoms in total. The molecule has 1 atom stereocenters. The summed E-state index contributed by atoms with van der Waals surface area (Å²) in [6.07, 6.45) is 2.73. The number of amides is 1. The van der Waals surface area contributed by atoms with E-state index in [1.54, 1.807) is 24.3 Å². The molecule has 0 spiro atoms. The highest BCUT2D eigenvalue weighted by atomic mass is 35.5. The van der Waals surface area contributed by atoms with Gasteiger partial charge in [-0.1, -0.05) is 24.9 Å². The summed E-state index contributed by atoms with van der Waals surface area (Å²) < 4.78 is 5.48. The maximum atomic E-state index is 12.1. The van der Waals surface area contributed by atoms with Gasteiger partial charge in [0.05, 0.1) is 5.57 Å². The molecule has 112 valence electrons. The van der Waals surface area contributed by atoms with Gasteiger partial charge in [0.2, 0.25) is 0 Å². The van der Waals surface area contributed by atoms with Crippen molar-refractivity contribution < 1.29 is 19.4 Å². The minimum Gasteiger partial charge on any atom is -0.488 e. The van der Waals surface area contributed by atoms with E-state index in [9.17, 15) is 9.59 Å². The van der Waals surface area contributed by atoms with Crippen molar-refractivity contribution in [2.24, 2.45) is 0 Å². The van der Waals surface area contributed by atoms with E-state index in [0.717, 1.165) is 0 Å². The molecule has 1 aromatic rings. The quantitative estimate of drug-likeness (QED) is 0.876. The van der Waals surface area contributed by atoms with E-state index in [2.05, 4.69) is 5.32 Å². The van der Waals surface area contributed by atoms with E-state index < -0.39 is 17.9 Å². The van der Waals surface area contributed by atoms with Gasteiger partial charge in [-0.25, -0.2) is 4.79 Å².